The molecule has 0 atom stereocenters. The SMILES string of the molecule is CN(C=O)CN1c2ccccc2COc2ccccc21. The van der Waals surface area contributed by atoms with Crippen molar-refractivity contribution in [1.29, 1.82) is 0 Å². The second-order valence-electron chi connectivity index (χ2n) is 4.82. The Morgan fingerprint density at radius 2 is 1.85 bits per heavy atom. The molecule has 4 heteroatoms. The zero-order valence-electron chi connectivity index (χ0n) is 11.3. The number of ether oxygens (including phenoxy) is 1. The number of benzene rings is 2. The van der Waals surface area contributed by atoms with Gasteiger partial charge in [0, 0.05) is 18.3 Å². The van der Waals surface area contributed by atoms with E-state index in [9.17, 15) is 4.79 Å². The van der Waals surface area contributed by atoms with Crippen molar-refractivity contribution in [3.05, 3.63) is 54.1 Å². The lowest BCUT2D eigenvalue weighted by molar-refractivity contribution is -0.116. The Labute approximate surface area is 118 Å². The lowest BCUT2D eigenvalue weighted by Gasteiger charge is -2.28. The van der Waals surface area contributed by atoms with Crippen LogP contribution in [0.25, 0.3) is 0 Å². The lowest BCUT2D eigenvalue weighted by atomic mass is 10.1. The van der Waals surface area contributed by atoms with E-state index in [2.05, 4.69) is 17.0 Å². The van der Waals surface area contributed by atoms with Crippen molar-refractivity contribution in [2.75, 3.05) is 18.6 Å². The zero-order valence-corrected chi connectivity index (χ0v) is 11.3. The quantitative estimate of drug-likeness (QED) is 0.802. The van der Waals surface area contributed by atoms with E-state index < -0.39 is 0 Å². The summed E-state index contributed by atoms with van der Waals surface area (Å²) in [6, 6.07) is 16.0. The molecule has 0 aliphatic carbocycles. The third-order valence-corrected chi connectivity index (χ3v) is 3.37. The molecule has 2 aromatic rings. The van der Waals surface area contributed by atoms with Crippen molar-refractivity contribution in [3.8, 4) is 5.75 Å². The molecule has 0 saturated carbocycles. The first-order chi connectivity index (χ1) is 9.79. The van der Waals surface area contributed by atoms with Gasteiger partial charge >= 0.3 is 0 Å². The normalized spacial score (nSPS) is 12.8. The van der Waals surface area contributed by atoms with E-state index >= 15 is 0 Å². The Kier molecular flexibility index (Phi) is 3.29. The minimum Gasteiger partial charge on any atom is -0.487 e. The number of rotatable bonds is 3. The fourth-order valence-corrected chi connectivity index (χ4v) is 2.39. The molecule has 1 aliphatic heterocycles. The van der Waals surface area contributed by atoms with Gasteiger partial charge in [-0.25, -0.2) is 0 Å². The van der Waals surface area contributed by atoms with Crippen molar-refractivity contribution in [2.45, 2.75) is 6.61 Å². The van der Waals surface area contributed by atoms with Crippen molar-refractivity contribution < 1.29 is 9.53 Å². The molecular weight excluding hydrogens is 252 g/mol. The predicted octanol–water partition coefficient (Wildman–Crippen LogP) is 2.76. The molecule has 3 rings (SSSR count). The molecule has 0 unspecified atom stereocenters. The molecule has 0 aromatic heterocycles. The Morgan fingerprint density at radius 1 is 1.15 bits per heavy atom. The molecule has 0 fully saturated rings. The predicted molar refractivity (Wildman–Crippen MR) is 78.0 cm³/mol. The van der Waals surface area contributed by atoms with Crippen LogP contribution < -0.4 is 9.64 Å². The summed E-state index contributed by atoms with van der Waals surface area (Å²) in [4.78, 5) is 14.7. The summed E-state index contributed by atoms with van der Waals surface area (Å²) >= 11 is 0. The molecule has 0 bridgehead atoms. The van der Waals surface area contributed by atoms with Gasteiger partial charge in [-0.2, -0.15) is 0 Å². The summed E-state index contributed by atoms with van der Waals surface area (Å²) in [6.45, 7) is 1.02. The molecule has 0 N–H and O–H groups in total. The number of hydrogen-bond donors (Lipinski definition) is 0. The minimum atomic E-state index is 0.487. The van der Waals surface area contributed by atoms with E-state index in [1.54, 1.807) is 11.9 Å². The van der Waals surface area contributed by atoms with Crippen molar-refractivity contribution in [2.24, 2.45) is 0 Å². The Hall–Kier alpha value is -2.49. The highest BCUT2D eigenvalue weighted by Crippen LogP contribution is 2.38. The van der Waals surface area contributed by atoms with Crippen LogP contribution in [0.5, 0.6) is 5.75 Å². The van der Waals surface area contributed by atoms with Gasteiger partial charge in [-0.1, -0.05) is 30.3 Å². The summed E-state index contributed by atoms with van der Waals surface area (Å²) in [5.41, 5.74) is 3.17. The van der Waals surface area contributed by atoms with E-state index in [0.29, 0.717) is 13.3 Å². The van der Waals surface area contributed by atoms with Crippen LogP contribution in [0, 0.1) is 0 Å². The number of carbonyl (C=O) groups excluding carboxylic acids is 1. The van der Waals surface area contributed by atoms with E-state index in [1.165, 1.54) is 0 Å². The van der Waals surface area contributed by atoms with Gasteiger partial charge < -0.3 is 14.5 Å². The van der Waals surface area contributed by atoms with Crippen LogP contribution in [0.3, 0.4) is 0 Å². The van der Waals surface area contributed by atoms with Crippen LogP contribution in [-0.2, 0) is 11.4 Å². The van der Waals surface area contributed by atoms with E-state index in [4.69, 9.17) is 4.74 Å². The molecule has 1 amide bonds. The van der Waals surface area contributed by atoms with Gasteiger partial charge in [-0.3, -0.25) is 4.79 Å². The van der Waals surface area contributed by atoms with E-state index in [1.807, 2.05) is 36.4 Å². The van der Waals surface area contributed by atoms with Gasteiger partial charge in [0.05, 0.1) is 12.4 Å². The van der Waals surface area contributed by atoms with Crippen LogP contribution in [0.15, 0.2) is 48.5 Å². The largest absolute Gasteiger partial charge is 0.487 e. The molecule has 4 nitrogen and oxygen atoms in total. The lowest BCUT2D eigenvalue weighted by Crippen LogP contribution is -2.31. The summed E-state index contributed by atoms with van der Waals surface area (Å²) in [7, 11) is 1.77. The summed E-state index contributed by atoms with van der Waals surface area (Å²) in [5.74, 6) is 0.836. The Balaban J connectivity index is 2.11. The van der Waals surface area contributed by atoms with E-state index in [0.717, 1.165) is 29.1 Å². The average molecular weight is 268 g/mol. The number of amides is 1. The number of carbonyl (C=O) groups is 1. The van der Waals surface area contributed by atoms with Gasteiger partial charge in [0.15, 0.2) is 0 Å². The summed E-state index contributed by atoms with van der Waals surface area (Å²) < 4.78 is 5.87. The topological polar surface area (TPSA) is 32.8 Å². The average Bonchev–Trinajstić information content (AvgIpc) is 2.65. The first-order valence-electron chi connectivity index (χ1n) is 6.52. The van der Waals surface area contributed by atoms with Crippen LogP contribution in [0.1, 0.15) is 5.56 Å². The third kappa shape index (κ3) is 2.20. The summed E-state index contributed by atoms with van der Waals surface area (Å²) in [5, 5.41) is 0. The Bertz CT molecular complexity index is 580. The fraction of sp³-hybridized carbons (Fsp3) is 0.188. The first-order valence-corrected chi connectivity index (χ1v) is 6.52. The highest BCUT2D eigenvalue weighted by Gasteiger charge is 2.21. The maximum atomic E-state index is 11.0. The number of nitrogens with zero attached hydrogens (tertiary/aromatic N) is 2. The molecule has 20 heavy (non-hydrogen) atoms. The maximum Gasteiger partial charge on any atom is 0.210 e. The van der Waals surface area contributed by atoms with Crippen LogP contribution in [0.4, 0.5) is 11.4 Å². The molecule has 0 radical (unpaired) electrons. The maximum absolute atomic E-state index is 11.0. The monoisotopic (exact) mass is 268 g/mol. The van der Waals surface area contributed by atoms with Gasteiger partial charge in [0.25, 0.3) is 0 Å². The van der Waals surface area contributed by atoms with Crippen LogP contribution in [0.2, 0.25) is 0 Å². The molecule has 0 saturated heterocycles. The summed E-state index contributed by atoms with van der Waals surface area (Å²) in [6.07, 6.45) is 0.830. The van der Waals surface area contributed by atoms with Gasteiger partial charge in [0.2, 0.25) is 6.41 Å². The fourth-order valence-electron chi connectivity index (χ4n) is 2.39. The van der Waals surface area contributed by atoms with Crippen molar-refractivity contribution >= 4 is 17.8 Å². The van der Waals surface area contributed by atoms with E-state index in [-0.39, 0.29) is 0 Å². The van der Waals surface area contributed by atoms with Gasteiger partial charge in [-0.15, -0.1) is 0 Å². The molecule has 102 valence electrons. The molecule has 0 spiro atoms. The minimum absolute atomic E-state index is 0.487. The standard InChI is InChI=1S/C16H16N2O2/c1-17(12-19)11-18-14-7-3-2-6-13(14)10-20-16-9-5-4-8-15(16)18/h2-9,12H,10-11H2,1H3. The number of anilines is 2. The van der Waals surface area contributed by atoms with Gasteiger partial charge in [0.1, 0.15) is 12.4 Å². The first kappa shape index (κ1) is 12.5. The number of fused-ring (bicyclic) bond motifs is 2. The van der Waals surface area contributed by atoms with Gasteiger partial charge in [-0.05, 0) is 18.2 Å². The highest BCUT2D eigenvalue weighted by atomic mass is 16.5. The van der Waals surface area contributed by atoms with Crippen LogP contribution in [-0.4, -0.2) is 25.0 Å². The number of para-hydroxylation sites is 3. The third-order valence-electron chi connectivity index (χ3n) is 3.37. The van der Waals surface area contributed by atoms with Crippen molar-refractivity contribution in [3.63, 3.8) is 0 Å². The second-order valence-corrected chi connectivity index (χ2v) is 4.82. The smallest absolute Gasteiger partial charge is 0.210 e. The zero-order chi connectivity index (χ0) is 13.9. The molecular formula is C16H16N2O2. The second kappa shape index (κ2) is 5.25. The molecule has 2 aromatic carbocycles. The highest BCUT2D eigenvalue weighted by molar-refractivity contribution is 5.73. The molecule has 1 heterocycles. The van der Waals surface area contributed by atoms with Crippen LogP contribution >= 0.6 is 0 Å². The molecule has 1 aliphatic rings. The number of hydrogen-bond acceptors (Lipinski definition) is 3. The van der Waals surface area contributed by atoms with Crippen molar-refractivity contribution in [1.82, 2.24) is 4.90 Å². The Morgan fingerprint density at radius 3 is 2.65 bits per heavy atom.